The lowest BCUT2D eigenvalue weighted by Crippen LogP contribution is -2.54. The molecule has 0 bridgehead atoms. The Hall–Kier alpha value is -1.14. The Labute approximate surface area is 94.3 Å². The lowest BCUT2D eigenvalue weighted by molar-refractivity contribution is -0.146. The third kappa shape index (κ3) is 2.70. The van der Waals surface area contributed by atoms with Crippen LogP contribution in [0.15, 0.2) is 0 Å². The molecule has 0 spiro atoms. The molecule has 16 heavy (non-hydrogen) atoms. The van der Waals surface area contributed by atoms with Crippen LogP contribution in [-0.4, -0.2) is 48.8 Å². The smallest absolute Gasteiger partial charge is 0.328 e. The predicted octanol–water partition coefficient (Wildman–Crippen LogP) is -0.800. The summed E-state index contributed by atoms with van der Waals surface area (Å²) >= 11 is 0. The Kier molecular flexibility index (Phi) is 3.88. The number of likely N-dealkylation sites (N-methyl/N-ethyl adjacent to an activating group) is 1. The summed E-state index contributed by atoms with van der Waals surface area (Å²) in [7, 11) is 1.75. The molecule has 1 aliphatic heterocycles. The molecule has 0 radical (unpaired) electrons. The molecule has 92 valence electrons. The molecular formula is C10H18N2O4. The number of aliphatic carboxylic acids is 1. The van der Waals surface area contributed by atoms with Crippen molar-refractivity contribution in [1.82, 2.24) is 10.6 Å². The summed E-state index contributed by atoms with van der Waals surface area (Å²) in [6.07, 6.45) is 0. The van der Waals surface area contributed by atoms with E-state index < -0.39 is 11.5 Å². The van der Waals surface area contributed by atoms with Gasteiger partial charge in [-0.25, -0.2) is 4.79 Å². The van der Waals surface area contributed by atoms with Gasteiger partial charge in [0.05, 0.1) is 19.1 Å². The molecule has 6 nitrogen and oxygen atoms in total. The van der Waals surface area contributed by atoms with Crippen molar-refractivity contribution >= 4 is 11.9 Å². The van der Waals surface area contributed by atoms with E-state index in [1.54, 1.807) is 7.05 Å². The number of carboxylic acids is 1. The zero-order chi connectivity index (χ0) is 12.3. The summed E-state index contributed by atoms with van der Waals surface area (Å²) in [5.74, 6) is -1.67. The fourth-order valence-electron chi connectivity index (χ4n) is 1.55. The summed E-state index contributed by atoms with van der Waals surface area (Å²) in [5, 5.41) is 14.4. The van der Waals surface area contributed by atoms with E-state index in [0.717, 1.165) is 0 Å². The fraction of sp³-hybridized carbons (Fsp3) is 0.800. The van der Waals surface area contributed by atoms with E-state index in [1.165, 1.54) is 13.8 Å². The maximum Gasteiger partial charge on any atom is 0.328 e. The number of carbonyl (C=O) groups is 2. The van der Waals surface area contributed by atoms with E-state index >= 15 is 0 Å². The van der Waals surface area contributed by atoms with Crippen molar-refractivity contribution in [2.24, 2.45) is 5.92 Å². The predicted molar refractivity (Wildman–Crippen MR) is 57.0 cm³/mol. The van der Waals surface area contributed by atoms with Crippen molar-refractivity contribution in [2.75, 3.05) is 20.3 Å². The maximum atomic E-state index is 11.8. The highest BCUT2D eigenvalue weighted by Gasteiger charge is 2.37. The van der Waals surface area contributed by atoms with E-state index in [4.69, 9.17) is 9.84 Å². The zero-order valence-corrected chi connectivity index (χ0v) is 9.74. The number of ether oxygens (including phenoxy) is 1. The van der Waals surface area contributed by atoms with Gasteiger partial charge in [-0.2, -0.15) is 0 Å². The Morgan fingerprint density at radius 1 is 1.38 bits per heavy atom. The minimum Gasteiger partial charge on any atom is -0.480 e. The van der Waals surface area contributed by atoms with E-state index in [9.17, 15) is 9.59 Å². The molecule has 0 aromatic heterocycles. The Balaban J connectivity index is 2.62. The van der Waals surface area contributed by atoms with Crippen LogP contribution >= 0.6 is 0 Å². The quantitative estimate of drug-likeness (QED) is 0.588. The summed E-state index contributed by atoms with van der Waals surface area (Å²) in [6, 6.07) is -0.0513. The summed E-state index contributed by atoms with van der Waals surface area (Å²) in [6.45, 7) is 3.71. The molecule has 0 aliphatic carbocycles. The first-order valence-electron chi connectivity index (χ1n) is 5.19. The number of hydrogen-bond acceptors (Lipinski definition) is 4. The van der Waals surface area contributed by atoms with Gasteiger partial charge in [0.15, 0.2) is 0 Å². The standard InChI is InChI=1S/C10H18N2O4/c1-10(2,9(14)15)12-8(13)6-4-16-5-7(6)11-3/h6-7,11H,4-5H2,1-3H3,(H,12,13)(H,14,15). The van der Waals surface area contributed by atoms with Gasteiger partial charge in [-0.3, -0.25) is 4.79 Å². The second-order valence-corrected chi connectivity index (χ2v) is 4.46. The molecular weight excluding hydrogens is 212 g/mol. The van der Waals surface area contributed by atoms with Crippen LogP contribution in [0.25, 0.3) is 0 Å². The monoisotopic (exact) mass is 230 g/mol. The molecule has 1 aliphatic rings. The molecule has 1 saturated heterocycles. The second kappa shape index (κ2) is 4.80. The molecule has 1 amide bonds. The van der Waals surface area contributed by atoms with Crippen LogP contribution in [0.3, 0.4) is 0 Å². The minimum absolute atomic E-state index is 0.0513. The van der Waals surface area contributed by atoms with Crippen molar-refractivity contribution < 1.29 is 19.4 Å². The number of rotatable bonds is 4. The van der Waals surface area contributed by atoms with Gasteiger partial charge in [-0.1, -0.05) is 0 Å². The highest BCUT2D eigenvalue weighted by molar-refractivity contribution is 5.87. The SMILES string of the molecule is CNC1COCC1C(=O)NC(C)(C)C(=O)O. The Morgan fingerprint density at radius 2 is 2.00 bits per heavy atom. The fourth-order valence-corrected chi connectivity index (χ4v) is 1.55. The number of carbonyl (C=O) groups excluding carboxylic acids is 1. The van der Waals surface area contributed by atoms with Crippen LogP contribution in [-0.2, 0) is 14.3 Å². The van der Waals surface area contributed by atoms with Gasteiger partial charge in [-0.05, 0) is 20.9 Å². The summed E-state index contributed by atoms with van der Waals surface area (Å²) in [4.78, 5) is 22.7. The van der Waals surface area contributed by atoms with Gasteiger partial charge >= 0.3 is 5.97 Å². The molecule has 0 aromatic carbocycles. The third-order valence-electron chi connectivity index (χ3n) is 2.76. The highest BCUT2D eigenvalue weighted by Crippen LogP contribution is 2.15. The Bertz CT molecular complexity index is 291. The van der Waals surface area contributed by atoms with Crippen molar-refractivity contribution in [1.29, 1.82) is 0 Å². The normalized spacial score (nSPS) is 25.4. The van der Waals surface area contributed by atoms with Gasteiger partial charge in [0.2, 0.25) is 5.91 Å². The topological polar surface area (TPSA) is 87.7 Å². The molecule has 2 unspecified atom stereocenters. The van der Waals surface area contributed by atoms with Crippen LogP contribution in [0.1, 0.15) is 13.8 Å². The molecule has 2 atom stereocenters. The number of hydrogen-bond donors (Lipinski definition) is 3. The maximum absolute atomic E-state index is 11.8. The van der Waals surface area contributed by atoms with Crippen LogP contribution < -0.4 is 10.6 Å². The third-order valence-corrected chi connectivity index (χ3v) is 2.76. The first-order chi connectivity index (χ1) is 7.38. The van der Waals surface area contributed by atoms with E-state index in [1.807, 2.05) is 0 Å². The van der Waals surface area contributed by atoms with Crippen molar-refractivity contribution in [2.45, 2.75) is 25.4 Å². The van der Waals surface area contributed by atoms with Crippen molar-refractivity contribution in [3.8, 4) is 0 Å². The first kappa shape index (κ1) is 12.9. The minimum atomic E-state index is -1.25. The largest absolute Gasteiger partial charge is 0.480 e. The second-order valence-electron chi connectivity index (χ2n) is 4.46. The van der Waals surface area contributed by atoms with Gasteiger partial charge in [0, 0.05) is 6.04 Å². The van der Waals surface area contributed by atoms with Crippen molar-refractivity contribution in [3.05, 3.63) is 0 Å². The van der Waals surface area contributed by atoms with Gasteiger partial charge in [0.1, 0.15) is 5.54 Å². The van der Waals surface area contributed by atoms with E-state index in [-0.39, 0.29) is 17.9 Å². The molecule has 1 heterocycles. The highest BCUT2D eigenvalue weighted by atomic mass is 16.5. The van der Waals surface area contributed by atoms with Crippen molar-refractivity contribution in [3.63, 3.8) is 0 Å². The Morgan fingerprint density at radius 3 is 2.50 bits per heavy atom. The molecule has 0 aromatic rings. The van der Waals surface area contributed by atoms with Crippen LogP contribution in [0, 0.1) is 5.92 Å². The van der Waals surface area contributed by atoms with E-state index in [0.29, 0.717) is 13.2 Å². The van der Waals surface area contributed by atoms with Crippen LogP contribution in [0.2, 0.25) is 0 Å². The number of nitrogens with one attached hydrogen (secondary N) is 2. The van der Waals surface area contributed by atoms with Gasteiger partial charge in [-0.15, -0.1) is 0 Å². The molecule has 1 fully saturated rings. The zero-order valence-electron chi connectivity index (χ0n) is 9.74. The number of carboxylic acid groups (broad SMARTS) is 1. The lowest BCUT2D eigenvalue weighted by atomic mass is 9.99. The average Bonchev–Trinajstić information content (AvgIpc) is 2.64. The molecule has 1 rings (SSSR count). The average molecular weight is 230 g/mol. The summed E-state index contributed by atoms with van der Waals surface area (Å²) < 4.78 is 5.19. The van der Waals surface area contributed by atoms with Gasteiger partial charge < -0.3 is 20.5 Å². The van der Waals surface area contributed by atoms with Crippen LogP contribution in [0.4, 0.5) is 0 Å². The summed E-state index contributed by atoms with van der Waals surface area (Å²) in [5.41, 5.74) is -1.25. The van der Waals surface area contributed by atoms with Crippen LogP contribution in [0.5, 0.6) is 0 Å². The van der Waals surface area contributed by atoms with E-state index in [2.05, 4.69) is 10.6 Å². The van der Waals surface area contributed by atoms with Gasteiger partial charge in [0.25, 0.3) is 0 Å². The molecule has 0 saturated carbocycles. The molecule has 6 heteroatoms. The number of amides is 1. The first-order valence-corrected chi connectivity index (χ1v) is 5.19. The lowest BCUT2D eigenvalue weighted by Gasteiger charge is -2.24. The molecule has 3 N–H and O–H groups in total.